The van der Waals surface area contributed by atoms with E-state index in [1.54, 1.807) is 7.11 Å². The van der Waals surface area contributed by atoms with E-state index < -0.39 is 0 Å². The molecule has 0 radical (unpaired) electrons. The van der Waals surface area contributed by atoms with Crippen LogP contribution in [0.1, 0.15) is 104 Å². The summed E-state index contributed by atoms with van der Waals surface area (Å²) in [6.07, 6.45) is 12.1. The van der Waals surface area contributed by atoms with Crippen molar-refractivity contribution in [2.24, 2.45) is 29.1 Å². The highest BCUT2D eigenvalue weighted by atomic mass is 16.7. The van der Waals surface area contributed by atoms with Crippen LogP contribution in [0.15, 0.2) is 24.3 Å². The Morgan fingerprint density at radius 2 is 1.60 bits per heavy atom. The molecule has 0 aliphatic heterocycles. The van der Waals surface area contributed by atoms with E-state index in [0.717, 1.165) is 29.9 Å². The Hall–Kier alpha value is -1.02. The molecule has 4 unspecified atom stereocenters. The fourth-order valence-corrected chi connectivity index (χ4v) is 6.09. The van der Waals surface area contributed by atoms with Crippen molar-refractivity contribution in [2.75, 3.05) is 7.11 Å². The molecule has 2 fully saturated rings. The van der Waals surface area contributed by atoms with Gasteiger partial charge >= 0.3 is 0 Å². The second-order valence-corrected chi connectivity index (χ2v) is 11.7. The number of hydrogen-bond acceptors (Lipinski definition) is 2. The molecule has 2 saturated carbocycles. The molecule has 2 heteroatoms. The third-order valence-corrected chi connectivity index (χ3v) is 7.60. The topological polar surface area (TPSA) is 18.5 Å². The molecule has 170 valence electrons. The molecular formula is C28H46O2. The summed E-state index contributed by atoms with van der Waals surface area (Å²) in [6, 6.07) is 8.82. The fourth-order valence-electron chi connectivity index (χ4n) is 6.09. The number of hydrogen-bond donors (Lipinski definition) is 0. The first kappa shape index (κ1) is 23.6. The van der Waals surface area contributed by atoms with E-state index in [9.17, 15) is 0 Å². The van der Waals surface area contributed by atoms with E-state index in [2.05, 4.69) is 58.9 Å². The van der Waals surface area contributed by atoms with Gasteiger partial charge in [0.25, 0.3) is 0 Å². The van der Waals surface area contributed by atoms with Gasteiger partial charge in [0.1, 0.15) is 5.75 Å². The van der Waals surface area contributed by atoms with Crippen molar-refractivity contribution in [3.05, 3.63) is 29.8 Å². The van der Waals surface area contributed by atoms with Crippen LogP contribution in [0.3, 0.4) is 0 Å². The molecule has 3 rings (SSSR count). The molecule has 2 bridgehead atoms. The normalized spacial score (nSPS) is 26.4. The monoisotopic (exact) mass is 414 g/mol. The zero-order chi connectivity index (χ0) is 21.7. The second kappa shape index (κ2) is 10.5. The maximum Gasteiger partial charge on any atom is 0.199 e. The minimum absolute atomic E-state index is 0.133. The van der Waals surface area contributed by atoms with E-state index in [0.29, 0.717) is 11.8 Å². The quantitative estimate of drug-likeness (QED) is 0.379. The van der Waals surface area contributed by atoms with Gasteiger partial charge < -0.3 is 9.47 Å². The van der Waals surface area contributed by atoms with Crippen molar-refractivity contribution in [1.29, 1.82) is 0 Å². The third-order valence-electron chi connectivity index (χ3n) is 7.60. The zero-order valence-corrected chi connectivity index (χ0v) is 20.5. The SMILES string of the molecule is COC(CCC1CC2CCCC(C2)C1)Oc1ccc(C(CC(C)C)C(C)(C)C)cc1. The van der Waals surface area contributed by atoms with E-state index in [1.807, 2.05) is 0 Å². The first-order chi connectivity index (χ1) is 14.2. The smallest absolute Gasteiger partial charge is 0.199 e. The van der Waals surface area contributed by atoms with Crippen LogP contribution in [0.2, 0.25) is 0 Å². The van der Waals surface area contributed by atoms with Crippen molar-refractivity contribution < 1.29 is 9.47 Å². The summed E-state index contributed by atoms with van der Waals surface area (Å²) < 4.78 is 11.9. The summed E-state index contributed by atoms with van der Waals surface area (Å²) in [6.45, 7) is 11.7. The van der Waals surface area contributed by atoms with Crippen molar-refractivity contribution in [3.63, 3.8) is 0 Å². The van der Waals surface area contributed by atoms with Crippen LogP contribution in [0.5, 0.6) is 5.75 Å². The van der Waals surface area contributed by atoms with Crippen LogP contribution in [0, 0.1) is 29.1 Å². The molecule has 1 aromatic carbocycles. The van der Waals surface area contributed by atoms with Crippen LogP contribution in [0.25, 0.3) is 0 Å². The number of benzene rings is 1. The van der Waals surface area contributed by atoms with E-state index in [1.165, 1.54) is 56.9 Å². The van der Waals surface area contributed by atoms with Crippen molar-refractivity contribution in [3.8, 4) is 5.75 Å². The highest BCUT2D eigenvalue weighted by Gasteiger charge is 2.32. The first-order valence-electron chi connectivity index (χ1n) is 12.5. The lowest BCUT2D eigenvalue weighted by Gasteiger charge is -2.39. The van der Waals surface area contributed by atoms with Crippen LogP contribution in [-0.4, -0.2) is 13.4 Å². The van der Waals surface area contributed by atoms with Crippen LogP contribution in [0.4, 0.5) is 0 Å². The standard InChI is InChI=1S/C28H46O2/c1-20(2)16-26(28(3,4)5)24-11-13-25(14-12-24)30-27(29-6)15-10-23-18-21-8-7-9-22(17-21)19-23/h11-14,20-23,26-27H,7-10,15-19H2,1-6H3. The summed E-state index contributed by atoms with van der Waals surface area (Å²) >= 11 is 0. The fraction of sp³-hybridized carbons (Fsp3) is 0.786. The lowest BCUT2D eigenvalue weighted by molar-refractivity contribution is -0.0635. The highest BCUT2D eigenvalue weighted by molar-refractivity contribution is 5.30. The van der Waals surface area contributed by atoms with E-state index >= 15 is 0 Å². The number of methoxy groups -OCH3 is 1. The Labute approximate surface area is 186 Å². The Morgan fingerprint density at radius 3 is 2.13 bits per heavy atom. The van der Waals surface area contributed by atoms with Crippen molar-refractivity contribution in [2.45, 2.75) is 105 Å². The zero-order valence-electron chi connectivity index (χ0n) is 20.5. The van der Waals surface area contributed by atoms with Gasteiger partial charge in [0, 0.05) is 13.5 Å². The number of rotatable bonds is 9. The summed E-state index contributed by atoms with van der Waals surface area (Å²) in [5, 5.41) is 0. The summed E-state index contributed by atoms with van der Waals surface area (Å²) in [5.41, 5.74) is 1.69. The predicted octanol–water partition coefficient (Wildman–Crippen LogP) is 8.21. The van der Waals surface area contributed by atoms with Gasteiger partial charge in [-0.1, -0.05) is 66.0 Å². The van der Waals surface area contributed by atoms with Gasteiger partial charge in [0.05, 0.1) is 0 Å². The van der Waals surface area contributed by atoms with Crippen molar-refractivity contribution >= 4 is 0 Å². The molecule has 0 heterocycles. The summed E-state index contributed by atoms with van der Waals surface area (Å²) in [4.78, 5) is 0. The van der Waals surface area contributed by atoms with E-state index in [-0.39, 0.29) is 11.7 Å². The van der Waals surface area contributed by atoms with Gasteiger partial charge in [-0.2, -0.15) is 0 Å². The summed E-state index contributed by atoms with van der Waals surface area (Å²) in [7, 11) is 1.78. The molecular weight excluding hydrogens is 368 g/mol. The van der Waals surface area contributed by atoms with Crippen LogP contribution < -0.4 is 4.74 Å². The Morgan fingerprint density at radius 1 is 0.967 bits per heavy atom. The Balaban J connectivity index is 1.54. The molecule has 4 atom stereocenters. The van der Waals surface area contributed by atoms with Gasteiger partial charge in [-0.05, 0) is 84.8 Å². The molecule has 0 saturated heterocycles. The summed E-state index contributed by atoms with van der Waals surface area (Å²) in [5.74, 6) is 5.07. The van der Waals surface area contributed by atoms with Crippen LogP contribution in [-0.2, 0) is 4.74 Å². The molecule has 0 N–H and O–H groups in total. The van der Waals surface area contributed by atoms with Gasteiger partial charge in [0.2, 0.25) is 0 Å². The highest BCUT2D eigenvalue weighted by Crippen LogP contribution is 2.44. The predicted molar refractivity (Wildman–Crippen MR) is 127 cm³/mol. The maximum atomic E-state index is 6.23. The Bertz CT molecular complexity index is 615. The largest absolute Gasteiger partial charge is 0.465 e. The molecule has 2 nitrogen and oxygen atoms in total. The average molecular weight is 415 g/mol. The molecule has 0 aromatic heterocycles. The first-order valence-corrected chi connectivity index (χ1v) is 12.5. The molecule has 2 aliphatic rings. The lowest BCUT2D eigenvalue weighted by atomic mass is 9.67. The molecule has 0 spiro atoms. The van der Waals surface area contributed by atoms with E-state index in [4.69, 9.17) is 9.47 Å². The van der Waals surface area contributed by atoms with Gasteiger partial charge in [-0.15, -0.1) is 0 Å². The molecule has 1 aromatic rings. The molecule has 30 heavy (non-hydrogen) atoms. The lowest BCUT2D eigenvalue weighted by Crippen LogP contribution is -2.28. The minimum Gasteiger partial charge on any atom is -0.465 e. The van der Waals surface area contributed by atoms with Gasteiger partial charge in [-0.3, -0.25) is 0 Å². The van der Waals surface area contributed by atoms with Crippen molar-refractivity contribution in [1.82, 2.24) is 0 Å². The second-order valence-electron chi connectivity index (χ2n) is 11.7. The van der Waals surface area contributed by atoms with Gasteiger partial charge in [0.15, 0.2) is 6.29 Å². The minimum atomic E-state index is -0.133. The molecule has 2 aliphatic carbocycles. The number of fused-ring (bicyclic) bond motifs is 2. The van der Waals surface area contributed by atoms with Crippen LogP contribution >= 0.6 is 0 Å². The third kappa shape index (κ3) is 6.74. The van der Waals surface area contributed by atoms with Gasteiger partial charge in [-0.25, -0.2) is 0 Å². The number of ether oxygens (including phenoxy) is 2. The average Bonchev–Trinajstić information content (AvgIpc) is 2.69. The molecule has 0 amide bonds. The Kier molecular flexibility index (Phi) is 8.30. The maximum absolute atomic E-state index is 6.23.